The number of hydrogen-bond donors (Lipinski definition) is 1. The Morgan fingerprint density at radius 1 is 1.11 bits per heavy atom. The number of fused-ring (bicyclic) bond motifs is 1. The van der Waals surface area contributed by atoms with Crippen LogP contribution in [0.5, 0.6) is 0 Å². The largest absolute Gasteiger partial charge is 0.344 e. The van der Waals surface area contributed by atoms with Crippen molar-refractivity contribution in [3.05, 3.63) is 122 Å². The molecule has 5 nitrogen and oxygen atoms in total. The van der Waals surface area contributed by atoms with Gasteiger partial charge in [0.2, 0.25) is 0 Å². The molecule has 1 N–H and O–H groups in total. The molecule has 0 spiro atoms. The summed E-state index contributed by atoms with van der Waals surface area (Å²) in [5.74, 6) is -0.581. The highest BCUT2D eigenvalue weighted by atomic mass is 35.5. The van der Waals surface area contributed by atoms with E-state index in [1.165, 1.54) is 12.1 Å². The molecule has 0 fully saturated rings. The van der Waals surface area contributed by atoms with Crippen molar-refractivity contribution in [3.63, 3.8) is 0 Å². The Labute approximate surface area is 226 Å². The van der Waals surface area contributed by atoms with Crippen LogP contribution in [0.25, 0.3) is 11.3 Å². The minimum atomic E-state index is -1.36. The molecule has 1 aliphatic rings. The number of aromatic nitrogens is 2. The zero-order valence-electron chi connectivity index (χ0n) is 19.8. The van der Waals surface area contributed by atoms with Gasteiger partial charge in [-0.2, -0.15) is 5.10 Å². The van der Waals surface area contributed by atoms with E-state index in [4.69, 9.17) is 23.2 Å². The smallest absolute Gasteiger partial charge is 0.272 e. The van der Waals surface area contributed by atoms with E-state index in [0.717, 1.165) is 11.1 Å². The summed E-state index contributed by atoms with van der Waals surface area (Å²) in [5.41, 5.74) is 4.42. The first-order chi connectivity index (χ1) is 17.8. The molecule has 0 saturated heterocycles. The fourth-order valence-corrected chi connectivity index (χ4v) is 6.00. The van der Waals surface area contributed by atoms with E-state index in [1.54, 1.807) is 40.4 Å². The summed E-state index contributed by atoms with van der Waals surface area (Å²) >= 11 is 12.7. The van der Waals surface area contributed by atoms with Crippen LogP contribution in [0.4, 0.5) is 4.39 Å². The van der Waals surface area contributed by atoms with Crippen molar-refractivity contribution < 1.29 is 13.4 Å². The predicted octanol–water partition coefficient (Wildman–Crippen LogP) is 6.66. The zero-order chi connectivity index (χ0) is 26.1. The maximum absolute atomic E-state index is 13.5. The number of halogens is 3. The number of carbonyl (C=O) groups is 1. The Morgan fingerprint density at radius 3 is 2.54 bits per heavy atom. The van der Waals surface area contributed by atoms with Crippen molar-refractivity contribution in [2.24, 2.45) is 0 Å². The topological polar surface area (TPSA) is 64.0 Å². The molecular formula is C28H22Cl2FN3O2S. The standard InChI is InChI=1S/C28H22Cl2FN3O2S/c1-17(19-5-3-2-4-6-19)32-28(35)26-23-16-37(36)15-20(13-18-7-10-22(31)11-8-18)27(23)34(33-26)25-12-9-21(29)14-24(25)30/h2-12,14-15,17H,13,16H2,1H3,(H,32,35)/t17-,37?/m1/s1. The van der Waals surface area contributed by atoms with Gasteiger partial charge in [-0.1, -0.05) is 65.7 Å². The van der Waals surface area contributed by atoms with Gasteiger partial charge in [0, 0.05) is 22.4 Å². The normalized spacial score (nSPS) is 15.6. The number of nitrogens with zero attached hydrogens (tertiary/aromatic N) is 2. The number of hydrogen-bond acceptors (Lipinski definition) is 3. The van der Waals surface area contributed by atoms with E-state index in [1.807, 2.05) is 37.3 Å². The highest BCUT2D eigenvalue weighted by molar-refractivity contribution is 7.87. The van der Waals surface area contributed by atoms with Crippen molar-refractivity contribution in [2.75, 3.05) is 0 Å². The zero-order valence-corrected chi connectivity index (χ0v) is 22.1. The van der Waals surface area contributed by atoms with Crippen molar-refractivity contribution in [1.82, 2.24) is 15.1 Å². The molecule has 4 aromatic rings. The van der Waals surface area contributed by atoms with Gasteiger partial charge in [0.15, 0.2) is 5.69 Å². The monoisotopic (exact) mass is 553 g/mol. The molecule has 1 unspecified atom stereocenters. The van der Waals surface area contributed by atoms with Gasteiger partial charge in [-0.25, -0.2) is 9.07 Å². The van der Waals surface area contributed by atoms with Crippen LogP contribution in [0.1, 0.15) is 45.8 Å². The summed E-state index contributed by atoms with van der Waals surface area (Å²) in [5, 5.41) is 10.2. The molecule has 0 radical (unpaired) electrons. The van der Waals surface area contributed by atoms with Crippen molar-refractivity contribution in [2.45, 2.75) is 25.1 Å². The number of benzene rings is 3. The molecule has 0 saturated carbocycles. The second-order valence-corrected chi connectivity index (χ2v) is 10.9. The Kier molecular flexibility index (Phi) is 7.29. The first kappa shape index (κ1) is 25.4. The number of allylic oxidation sites excluding steroid dienone is 1. The molecule has 1 amide bonds. The number of amides is 1. The van der Waals surface area contributed by atoms with Gasteiger partial charge in [-0.15, -0.1) is 0 Å². The Bertz CT molecular complexity index is 1540. The second kappa shape index (κ2) is 10.6. The lowest BCUT2D eigenvalue weighted by Crippen LogP contribution is -2.28. The number of nitrogens with one attached hydrogen (secondary N) is 1. The minimum absolute atomic E-state index is 0.135. The summed E-state index contributed by atoms with van der Waals surface area (Å²) in [6.45, 7) is 1.89. The van der Waals surface area contributed by atoms with Crippen molar-refractivity contribution >= 4 is 45.5 Å². The molecule has 188 valence electrons. The molecule has 1 aromatic heterocycles. The Hall–Kier alpha value is -3.26. The summed E-state index contributed by atoms with van der Waals surface area (Å²) in [7, 11) is -1.36. The molecule has 2 heterocycles. The van der Waals surface area contributed by atoms with Gasteiger partial charge in [0.05, 0.1) is 39.0 Å². The average Bonchev–Trinajstić information content (AvgIpc) is 3.25. The Balaban J connectivity index is 1.61. The van der Waals surface area contributed by atoms with Crippen molar-refractivity contribution in [3.8, 4) is 5.69 Å². The lowest BCUT2D eigenvalue weighted by molar-refractivity contribution is 0.0933. The molecule has 1 aliphatic heterocycles. The van der Waals surface area contributed by atoms with Gasteiger partial charge in [-0.3, -0.25) is 9.00 Å². The van der Waals surface area contributed by atoms with Crippen LogP contribution < -0.4 is 5.32 Å². The predicted molar refractivity (Wildman–Crippen MR) is 146 cm³/mol. The number of rotatable bonds is 6. The molecular weight excluding hydrogens is 532 g/mol. The first-order valence-electron chi connectivity index (χ1n) is 11.6. The lowest BCUT2D eigenvalue weighted by Gasteiger charge is -2.18. The third-order valence-electron chi connectivity index (χ3n) is 6.16. The third-order valence-corrected chi connectivity index (χ3v) is 7.81. The van der Waals surface area contributed by atoms with Crippen molar-refractivity contribution in [1.29, 1.82) is 0 Å². The van der Waals surface area contributed by atoms with E-state index in [0.29, 0.717) is 39.0 Å². The van der Waals surface area contributed by atoms with Gasteiger partial charge in [-0.05, 0) is 54.0 Å². The second-order valence-electron chi connectivity index (χ2n) is 8.76. The molecule has 2 atom stereocenters. The van der Waals surface area contributed by atoms with E-state index in [2.05, 4.69) is 10.4 Å². The van der Waals surface area contributed by atoms with E-state index >= 15 is 0 Å². The van der Waals surface area contributed by atoms with E-state index < -0.39 is 10.8 Å². The highest BCUT2D eigenvalue weighted by Gasteiger charge is 2.31. The summed E-state index contributed by atoms with van der Waals surface area (Å²) < 4.78 is 28.0. The van der Waals surface area contributed by atoms with Gasteiger partial charge in [0.1, 0.15) is 5.82 Å². The van der Waals surface area contributed by atoms with Crippen LogP contribution in [-0.2, 0) is 23.0 Å². The maximum Gasteiger partial charge on any atom is 0.272 e. The maximum atomic E-state index is 13.5. The first-order valence-corrected chi connectivity index (χ1v) is 13.7. The summed E-state index contributed by atoms with van der Waals surface area (Å²) in [6, 6.07) is 20.5. The Morgan fingerprint density at radius 2 is 1.84 bits per heavy atom. The van der Waals surface area contributed by atoms with Crippen LogP contribution in [0, 0.1) is 5.82 Å². The van der Waals surface area contributed by atoms with E-state index in [-0.39, 0.29) is 29.2 Å². The van der Waals surface area contributed by atoms with Gasteiger partial charge < -0.3 is 5.32 Å². The quantitative estimate of drug-likeness (QED) is 0.290. The fourth-order valence-electron chi connectivity index (χ4n) is 4.36. The summed E-state index contributed by atoms with van der Waals surface area (Å²) in [4.78, 5) is 13.5. The molecule has 37 heavy (non-hydrogen) atoms. The van der Waals surface area contributed by atoms with Gasteiger partial charge in [0.25, 0.3) is 5.91 Å². The van der Waals surface area contributed by atoms with E-state index in [9.17, 15) is 13.4 Å². The van der Waals surface area contributed by atoms with Gasteiger partial charge >= 0.3 is 0 Å². The fraction of sp³-hybridized carbons (Fsp3) is 0.143. The SMILES string of the molecule is C[C@@H](NC(=O)c1nn(-c2ccc(Cl)cc2Cl)c2c1CS(=O)C=C2Cc1ccc(F)cc1)c1ccccc1. The highest BCUT2D eigenvalue weighted by Crippen LogP contribution is 2.36. The summed E-state index contributed by atoms with van der Waals surface area (Å²) in [6.07, 6.45) is 0.372. The average molecular weight is 554 g/mol. The van der Waals surface area contributed by atoms with Crippen LogP contribution >= 0.6 is 23.2 Å². The molecule has 0 bridgehead atoms. The molecule has 3 aromatic carbocycles. The molecule has 5 rings (SSSR count). The third kappa shape index (κ3) is 5.39. The van der Waals surface area contributed by atoms with Crippen LogP contribution in [-0.4, -0.2) is 19.9 Å². The minimum Gasteiger partial charge on any atom is -0.344 e. The molecule has 9 heteroatoms. The van der Waals surface area contributed by atoms with Crippen LogP contribution in [0.15, 0.2) is 78.2 Å². The van der Waals surface area contributed by atoms with Crippen LogP contribution in [0.2, 0.25) is 10.0 Å². The lowest BCUT2D eigenvalue weighted by atomic mass is 9.99. The molecule has 0 aliphatic carbocycles. The number of carbonyl (C=O) groups excluding carboxylic acids is 1. The van der Waals surface area contributed by atoms with Crippen LogP contribution in [0.3, 0.4) is 0 Å².